The van der Waals surface area contributed by atoms with Crippen molar-refractivity contribution >= 4 is 11.9 Å². The Balaban J connectivity index is 2.29. The van der Waals surface area contributed by atoms with E-state index in [9.17, 15) is 9.59 Å². The van der Waals surface area contributed by atoms with Gasteiger partial charge in [0.25, 0.3) is 5.91 Å². The highest BCUT2D eigenvalue weighted by Gasteiger charge is 2.08. The molecule has 0 unspecified atom stereocenters. The number of amides is 3. The van der Waals surface area contributed by atoms with Crippen LogP contribution < -0.4 is 10.6 Å². The largest absolute Gasteiger partial charge is 0.338 e. The van der Waals surface area contributed by atoms with Gasteiger partial charge in [0.05, 0.1) is 0 Å². The molecule has 4 nitrogen and oxygen atoms in total. The summed E-state index contributed by atoms with van der Waals surface area (Å²) in [5.74, 6) is -0.376. The van der Waals surface area contributed by atoms with E-state index in [1.807, 2.05) is 6.07 Å². The third-order valence-corrected chi connectivity index (χ3v) is 2.33. The molecule has 0 aliphatic rings. The SMILES string of the molecule is CCCCCNC(=O)NC(=O)c1ccccc1. The van der Waals surface area contributed by atoms with E-state index in [2.05, 4.69) is 17.6 Å². The maximum Gasteiger partial charge on any atom is 0.321 e. The Morgan fingerprint density at radius 1 is 1.12 bits per heavy atom. The molecule has 0 heterocycles. The third kappa shape index (κ3) is 5.15. The molecule has 0 radical (unpaired) electrons. The predicted molar refractivity (Wildman–Crippen MR) is 66.8 cm³/mol. The van der Waals surface area contributed by atoms with Crippen LogP contribution in [0.25, 0.3) is 0 Å². The average Bonchev–Trinajstić information content (AvgIpc) is 2.36. The van der Waals surface area contributed by atoms with Gasteiger partial charge in [-0.25, -0.2) is 4.79 Å². The van der Waals surface area contributed by atoms with Crippen molar-refractivity contribution in [1.82, 2.24) is 10.6 Å². The van der Waals surface area contributed by atoms with Gasteiger partial charge >= 0.3 is 6.03 Å². The van der Waals surface area contributed by atoms with E-state index < -0.39 is 6.03 Å². The minimum absolute atomic E-state index is 0.376. The highest BCUT2D eigenvalue weighted by molar-refractivity contribution is 6.04. The first kappa shape index (κ1) is 13.2. The lowest BCUT2D eigenvalue weighted by molar-refractivity contribution is 0.0964. The zero-order valence-electron chi connectivity index (χ0n) is 10.0. The number of hydrogen-bond donors (Lipinski definition) is 2. The van der Waals surface area contributed by atoms with Crippen LogP contribution in [0.5, 0.6) is 0 Å². The number of carbonyl (C=O) groups is 2. The van der Waals surface area contributed by atoms with Crippen LogP contribution in [0.2, 0.25) is 0 Å². The predicted octanol–water partition coefficient (Wildman–Crippen LogP) is 2.32. The highest BCUT2D eigenvalue weighted by Crippen LogP contribution is 1.97. The summed E-state index contributed by atoms with van der Waals surface area (Å²) in [6.45, 7) is 2.70. The van der Waals surface area contributed by atoms with E-state index in [4.69, 9.17) is 0 Å². The Bertz CT molecular complexity index is 363. The van der Waals surface area contributed by atoms with Crippen molar-refractivity contribution in [3.05, 3.63) is 35.9 Å². The Kier molecular flexibility index (Phi) is 5.79. The molecule has 0 aromatic heterocycles. The van der Waals surface area contributed by atoms with Gasteiger partial charge in [-0.2, -0.15) is 0 Å². The summed E-state index contributed by atoms with van der Waals surface area (Å²) in [6, 6.07) is 8.23. The van der Waals surface area contributed by atoms with Crippen LogP contribution in [0.4, 0.5) is 4.79 Å². The number of nitrogens with one attached hydrogen (secondary N) is 2. The van der Waals surface area contributed by atoms with Crippen molar-refractivity contribution in [1.29, 1.82) is 0 Å². The second kappa shape index (κ2) is 7.44. The molecule has 0 spiro atoms. The fourth-order valence-corrected chi connectivity index (χ4v) is 1.39. The smallest absolute Gasteiger partial charge is 0.321 e. The molecule has 0 saturated carbocycles. The zero-order chi connectivity index (χ0) is 12.5. The van der Waals surface area contributed by atoms with Gasteiger partial charge in [0.1, 0.15) is 0 Å². The first-order chi connectivity index (χ1) is 8.24. The maximum atomic E-state index is 11.6. The van der Waals surface area contributed by atoms with Gasteiger partial charge in [-0.1, -0.05) is 38.0 Å². The number of rotatable bonds is 5. The molecule has 1 aromatic rings. The van der Waals surface area contributed by atoms with Gasteiger partial charge in [-0.15, -0.1) is 0 Å². The minimum atomic E-state index is -0.435. The lowest BCUT2D eigenvalue weighted by atomic mass is 10.2. The molecule has 0 aliphatic carbocycles. The molecule has 4 heteroatoms. The van der Waals surface area contributed by atoms with Gasteiger partial charge in [0, 0.05) is 12.1 Å². The molecule has 2 N–H and O–H groups in total. The van der Waals surface area contributed by atoms with Crippen LogP contribution in [-0.4, -0.2) is 18.5 Å². The van der Waals surface area contributed by atoms with Crippen LogP contribution in [0.15, 0.2) is 30.3 Å². The molecule has 17 heavy (non-hydrogen) atoms. The first-order valence-electron chi connectivity index (χ1n) is 5.88. The maximum absolute atomic E-state index is 11.6. The van der Waals surface area contributed by atoms with Crippen molar-refractivity contribution in [2.75, 3.05) is 6.54 Å². The van der Waals surface area contributed by atoms with E-state index in [0.29, 0.717) is 12.1 Å². The average molecular weight is 234 g/mol. The second-order valence-corrected chi connectivity index (χ2v) is 3.78. The summed E-state index contributed by atoms with van der Waals surface area (Å²) in [4.78, 5) is 22.9. The fourth-order valence-electron chi connectivity index (χ4n) is 1.39. The summed E-state index contributed by atoms with van der Waals surface area (Å²) in [7, 11) is 0. The lowest BCUT2D eigenvalue weighted by Crippen LogP contribution is -2.39. The van der Waals surface area contributed by atoms with E-state index >= 15 is 0 Å². The van der Waals surface area contributed by atoms with Crippen molar-refractivity contribution in [2.45, 2.75) is 26.2 Å². The molecule has 1 aromatic carbocycles. The van der Waals surface area contributed by atoms with Crippen molar-refractivity contribution in [3.8, 4) is 0 Å². The molecular weight excluding hydrogens is 216 g/mol. The van der Waals surface area contributed by atoms with Crippen molar-refractivity contribution in [2.24, 2.45) is 0 Å². The van der Waals surface area contributed by atoms with Crippen molar-refractivity contribution < 1.29 is 9.59 Å². The van der Waals surface area contributed by atoms with Gasteiger partial charge in [0.15, 0.2) is 0 Å². The molecule has 0 saturated heterocycles. The number of imide groups is 1. The van der Waals surface area contributed by atoms with Crippen LogP contribution in [-0.2, 0) is 0 Å². The standard InChI is InChI=1S/C13H18N2O2/c1-2-3-7-10-14-13(17)15-12(16)11-8-5-4-6-9-11/h4-6,8-9H,2-3,7,10H2,1H3,(H2,14,15,16,17). The normalized spacial score (nSPS) is 9.71. The Morgan fingerprint density at radius 3 is 2.47 bits per heavy atom. The summed E-state index contributed by atoms with van der Waals surface area (Å²) in [6.07, 6.45) is 3.11. The van der Waals surface area contributed by atoms with Gasteiger partial charge < -0.3 is 5.32 Å². The topological polar surface area (TPSA) is 58.2 Å². The van der Waals surface area contributed by atoms with Gasteiger partial charge in [-0.3, -0.25) is 10.1 Å². The van der Waals surface area contributed by atoms with Crippen LogP contribution >= 0.6 is 0 Å². The van der Waals surface area contributed by atoms with Crippen LogP contribution in [0.1, 0.15) is 36.5 Å². The summed E-state index contributed by atoms with van der Waals surface area (Å²) in [5.41, 5.74) is 0.483. The number of benzene rings is 1. The third-order valence-electron chi connectivity index (χ3n) is 2.33. The minimum Gasteiger partial charge on any atom is -0.338 e. The van der Waals surface area contributed by atoms with E-state index in [1.165, 1.54) is 0 Å². The molecular formula is C13H18N2O2. The molecule has 0 fully saturated rings. The molecule has 92 valence electrons. The number of urea groups is 1. The number of hydrogen-bond acceptors (Lipinski definition) is 2. The molecule has 0 aliphatic heterocycles. The summed E-state index contributed by atoms with van der Waals surface area (Å²) < 4.78 is 0. The Hall–Kier alpha value is -1.84. The highest BCUT2D eigenvalue weighted by atomic mass is 16.2. The van der Waals surface area contributed by atoms with E-state index in [-0.39, 0.29) is 5.91 Å². The van der Waals surface area contributed by atoms with Crippen LogP contribution in [0, 0.1) is 0 Å². The Morgan fingerprint density at radius 2 is 1.82 bits per heavy atom. The quantitative estimate of drug-likeness (QED) is 0.768. The molecule has 1 rings (SSSR count). The van der Waals surface area contributed by atoms with E-state index in [0.717, 1.165) is 19.3 Å². The Labute approximate surface area is 101 Å². The number of carbonyl (C=O) groups excluding carboxylic acids is 2. The zero-order valence-corrected chi connectivity index (χ0v) is 10.0. The van der Waals surface area contributed by atoms with Crippen molar-refractivity contribution in [3.63, 3.8) is 0 Å². The summed E-state index contributed by atoms with van der Waals surface area (Å²) in [5, 5.41) is 4.93. The number of unbranched alkanes of at least 4 members (excludes halogenated alkanes) is 2. The van der Waals surface area contributed by atoms with Gasteiger partial charge in [0.2, 0.25) is 0 Å². The molecule has 0 atom stereocenters. The first-order valence-corrected chi connectivity index (χ1v) is 5.88. The molecule has 3 amide bonds. The lowest BCUT2D eigenvalue weighted by Gasteiger charge is -2.06. The van der Waals surface area contributed by atoms with Gasteiger partial charge in [-0.05, 0) is 18.6 Å². The summed E-state index contributed by atoms with van der Waals surface area (Å²) >= 11 is 0. The van der Waals surface area contributed by atoms with E-state index in [1.54, 1.807) is 24.3 Å². The monoisotopic (exact) mass is 234 g/mol. The fraction of sp³-hybridized carbons (Fsp3) is 0.385. The molecule has 0 bridgehead atoms. The second-order valence-electron chi connectivity index (χ2n) is 3.78. The van der Waals surface area contributed by atoms with Crippen LogP contribution in [0.3, 0.4) is 0 Å².